The first kappa shape index (κ1) is 22.9. The molecule has 1 aliphatic rings. The molecule has 8 nitrogen and oxygen atoms in total. The average Bonchev–Trinajstić information content (AvgIpc) is 2.81. The van der Waals surface area contributed by atoms with Crippen molar-refractivity contribution < 1.29 is 13.2 Å². The number of hydrogen-bond donors (Lipinski definition) is 2. The Bertz CT molecular complexity index is 958. The molecular formula is C22H31N5O3S. The van der Waals surface area contributed by atoms with Crippen LogP contribution >= 0.6 is 0 Å². The van der Waals surface area contributed by atoms with Gasteiger partial charge in [0.25, 0.3) is 0 Å². The number of guanidine groups is 1. The summed E-state index contributed by atoms with van der Waals surface area (Å²) in [7, 11) is 0.0200. The highest BCUT2D eigenvalue weighted by atomic mass is 32.2. The van der Waals surface area contributed by atoms with Gasteiger partial charge in [0.2, 0.25) is 10.0 Å². The number of sulfonamides is 1. The van der Waals surface area contributed by atoms with Crippen molar-refractivity contribution in [3.05, 3.63) is 60.2 Å². The topological polar surface area (TPSA) is 86.3 Å². The smallest absolute Gasteiger partial charge is 0.213 e. The Hall–Kier alpha value is -2.78. The van der Waals surface area contributed by atoms with E-state index in [0.29, 0.717) is 13.1 Å². The normalized spacial score (nSPS) is 15.1. The predicted octanol–water partition coefficient (Wildman–Crippen LogP) is 1.51. The summed E-state index contributed by atoms with van der Waals surface area (Å²) in [5.41, 5.74) is 2.07. The molecule has 31 heavy (non-hydrogen) atoms. The van der Waals surface area contributed by atoms with E-state index in [1.165, 1.54) is 0 Å². The average molecular weight is 446 g/mol. The molecule has 0 atom stereocenters. The van der Waals surface area contributed by atoms with Gasteiger partial charge in [-0.2, -0.15) is 0 Å². The maximum atomic E-state index is 12.3. The summed E-state index contributed by atoms with van der Waals surface area (Å²) in [6.07, 6.45) is 0. The number of nitrogens with zero attached hydrogens (tertiary/aromatic N) is 3. The summed E-state index contributed by atoms with van der Waals surface area (Å²) in [5, 5.41) is 3.18. The van der Waals surface area contributed by atoms with Crippen LogP contribution in [0.4, 0.5) is 5.69 Å². The van der Waals surface area contributed by atoms with E-state index in [1.54, 1.807) is 14.2 Å². The highest BCUT2D eigenvalue weighted by Gasteiger charge is 2.20. The number of piperazine rings is 1. The molecule has 2 N–H and O–H groups in total. The third kappa shape index (κ3) is 6.86. The van der Waals surface area contributed by atoms with E-state index < -0.39 is 10.0 Å². The molecule has 0 bridgehead atoms. The predicted molar refractivity (Wildman–Crippen MR) is 125 cm³/mol. The molecule has 1 saturated heterocycles. The minimum absolute atomic E-state index is 0.0113. The molecule has 1 aliphatic heterocycles. The number of ether oxygens (including phenoxy) is 1. The lowest BCUT2D eigenvalue weighted by Crippen LogP contribution is -2.53. The van der Waals surface area contributed by atoms with Gasteiger partial charge in [-0.3, -0.25) is 4.99 Å². The van der Waals surface area contributed by atoms with Gasteiger partial charge in [0.05, 0.1) is 12.9 Å². The van der Waals surface area contributed by atoms with E-state index in [4.69, 9.17) is 4.74 Å². The first-order valence-corrected chi connectivity index (χ1v) is 12.0. The minimum atomic E-state index is -3.37. The third-order valence-corrected chi connectivity index (χ3v) is 6.53. The van der Waals surface area contributed by atoms with Gasteiger partial charge < -0.3 is 19.9 Å². The Morgan fingerprint density at radius 1 is 1.06 bits per heavy atom. The van der Waals surface area contributed by atoms with E-state index in [9.17, 15) is 8.42 Å². The number of nitrogens with one attached hydrogen (secondary N) is 2. The van der Waals surface area contributed by atoms with Crippen molar-refractivity contribution in [3.63, 3.8) is 0 Å². The Morgan fingerprint density at radius 2 is 1.81 bits per heavy atom. The lowest BCUT2D eigenvalue weighted by Gasteiger charge is -2.37. The molecular weight excluding hydrogens is 414 g/mol. The summed E-state index contributed by atoms with van der Waals surface area (Å²) < 4.78 is 32.5. The van der Waals surface area contributed by atoms with Gasteiger partial charge in [0.1, 0.15) is 5.75 Å². The van der Waals surface area contributed by atoms with Crippen molar-refractivity contribution in [2.45, 2.75) is 6.54 Å². The zero-order valence-corrected chi connectivity index (χ0v) is 18.9. The van der Waals surface area contributed by atoms with Gasteiger partial charge >= 0.3 is 0 Å². The van der Waals surface area contributed by atoms with Crippen LogP contribution in [0.1, 0.15) is 5.56 Å². The number of benzene rings is 2. The lowest BCUT2D eigenvalue weighted by atomic mass is 10.2. The van der Waals surface area contributed by atoms with Gasteiger partial charge in [-0.05, 0) is 17.7 Å². The van der Waals surface area contributed by atoms with Gasteiger partial charge in [0, 0.05) is 58.1 Å². The van der Waals surface area contributed by atoms with Crippen molar-refractivity contribution >= 4 is 21.7 Å². The van der Waals surface area contributed by atoms with Crippen LogP contribution in [-0.4, -0.2) is 71.9 Å². The van der Waals surface area contributed by atoms with E-state index in [0.717, 1.165) is 49.1 Å². The summed E-state index contributed by atoms with van der Waals surface area (Å²) in [5.74, 6) is 1.56. The molecule has 0 unspecified atom stereocenters. The van der Waals surface area contributed by atoms with Crippen LogP contribution < -0.4 is 19.7 Å². The molecule has 9 heteroatoms. The highest BCUT2D eigenvalue weighted by molar-refractivity contribution is 7.89. The molecule has 2 aromatic rings. The van der Waals surface area contributed by atoms with Crippen molar-refractivity contribution in [2.75, 3.05) is 57.5 Å². The van der Waals surface area contributed by atoms with E-state index in [-0.39, 0.29) is 5.75 Å². The quantitative estimate of drug-likeness (QED) is 0.473. The fourth-order valence-electron chi connectivity index (χ4n) is 3.47. The third-order valence-electron chi connectivity index (χ3n) is 5.20. The Kier molecular flexibility index (Phi) is 8.13. The second-order valence-electron chi connectivity index (χ2n) is 7.28. The van der Waals surface area contributed by atoms with Gasteiger partial charge in [-0.25, -0.2) is 13.1 Å². The fourth-order valence-corrected chi connectivity index (χ4v) is 4.38. The van der Waals surface area contributed by atoms with Crippen LogP contribution in [0.25, 0.3) is 0 Å². The number of methoxy groups -OCH3 is 1. The lowest BCUT2D eigenvalue weighted by molar-refractivity contribution is 0.373. The molecule has 1 fully saturated rings. The molecule has 0 radical (unpaired) electrons. The van der Waals surface area contributed by atoms with Crippen LogP contribution in [0.15, 0.2) is 59.6 Å². The second kappa shape index (κ2) is 11.0. The fraction of sp³-hybridized carbons (Fsp3) is 0.409. The van der Waals surface area contributed by atoms with Crippen LogP contribution in [0.3, 0.4) is 0 Å². The second-order valence-corrected chi connectivity index (χ2v) is 9.20. The maximum Gasteiger partial charge on any atom is 0.213 e. The zero-order valence-electron chi connectivity index (χ0n) is 18.1. The van der Waals surface area contributed by atoms with Crippen molar-refractivity contribution in [2.24, 2.45) is 4.99 Å². The zero-order chi connectivity index (χ0) is 22.1. The molecule has 0 spiro atoms. The van der Waals surface area contributed by atoms with Crippen molar-refractivity contribution in [3.8, 4) is 5.75 Å². The van der Waals surface area contributed by atoms with Gasteiger partial charge in [-0.1, -0.05) is 36.4 Å². The van der Waals surface area contributed by atoms with Crippen molar-refractivity contribution in [1.82, 2.24) is 14.9 Å². The van der Waals surface area contributed by atoms with E-state index in [2.05, 4.69) is 30.9 Å². The summed E-state index contributed by atoms with van der Waals surface area (Å²) >= 11 is 0. The molecule has 0 aliphatic carbocycles. The highest BCUT2D eigenvalue weighted by Crippen LogP contribution is 2.22. The largest absolute Gasteiger partial charge is 0.497 e. The summed E-state index contributed by atoms with van der Waals surface area (Å²) in [4.78, 5) is 8.79. The molecule has 1 heterocycles. The molecule has 3 rings (SSSR count). The Balaban J connectivity index is 1.44. The Labute approximate surface area is 185 Å². The molecule has 0 amide bonds. The summed E-state index contributed by atoms with van der Waals surface area (Å²) in [6.45, 7) is 3.90. The minimum Gasteiger partial charge on any atom is -0.497 e. The summed E-state index contributed by atoms with van der Waals surface area (Å²) in [6, 6.07) is 17.5. The number of aliphatic imine (C=N–C) groups is 1. The van der Waals surface area contributed by atoms with Crippen LogP contribution in [0.5, 0.6) is 5.75 Å². The van der Waals surface area contributed by atoms with Crippen LogP contribution in [-0.2, 0) is 16.6 Å². The van der Waals surface area contributed by atoms with Gasteiger partial charge in [0.15, 0.2) is 5.96 Å². The monoisotopic (exact) mass is 445 g/mol. The SMILES string of the molecule is CN=C(NCCS(=O)(=O)NCc1ccccc1)N1CCN(c2cccc(OC)c2)CC1. The van der Waals surface area contributed by atoms with E-state index >= 15 is 0 Å². The van der Waals surface area contributed by atoms with Crippen LogP contribution in [0, 0.1) is 0 Å². The van der Waals surface area contributed by atoms with E-state index in [1.807, 2.05) is 48.5 Å². The number of rotatable bonds is 8. The Morgan fingerprint density at radius 3 is 2.48 bits per heavy atom. The van der Waals surface area contributed by atoms with Crippen LogP contribution in [0.2, 0.25) is 0 Å². The van der Waals surface area contributed by atoms with Gasteiger partial charge in [-0.15, -0.1) is 0 Å². The molecule has 168 valence electrons. The standard InChI is InChI=1S/C22H31N5O3S/c1-23-22(24-11-16-31(28,29)25-18-19-7-4-3-5-8-19)27-14-12-26(13-15-27)20-9-6-10-21(17-20)30-2/h3-10,17,25H,11-16,18H2,1-2H3,(H,23,24). The molecule has 2 aromatic carbocycles. The van der Waals surface area contributed by atoms with Crippen molar-refractivity contribution in [1.29, 1.82) is 0 Å². The molecule has 0 aromatic heterocycles. The molecule has 0 saturated carbocycles. The maximum absolute atomic E-state index is 12.3. The number of hydrogen-bond acceptors (Lipinski definition) is 5. The number of anilines is 1. The first-order chi connectivity index (χ1) is 15.0. The first-order valence-electron chi connectivity index (χ1n) is 10.4.